The summed E-state index contributed by atoms with van der Waals surface area (Å²) in [5, 5.41) is 5.00. The van der Waals surface area contributed by atoms with Gasteiger partial charge in [-0.2, -0.15) is 0 Å². The Labute approximate surface area is 234 Å². The molecule has 0 fully saturated rings. The number of fused-ring (bicyclic) bond motifs is 2. The highest BCUT2D eigenvalue weighted by Crippen LogP contribution is 2.44. The minimum atomic E-state index is 0.988. The van der Waals surface area contributed by atoms with Gasteiger partial charge in [0.1, 0.15) is 0 Å². The quantitative estimate of drug-likeness (QED) is 0.219. The number of hydrogen-bond acceptors (Lipinski definition) is 2. The number of benzene rings is 5. The van der Waals surface area contributed by atoms with E-state index >= 15 is 0 Å². The van der Waals surface area contributed by atoms with Crippen LogP contribution in [-0.4, -0.2) is 9.97 Å². The van der Waals surface area contributed by atoms with Crippen LogP contribution in [0, 0.1) is 13.8 Å². The lowest BCUT2D eigenvalue weighted by atomic mass is 9.85. The fourth-order valence-electron chi connectivity index (χ4n) is 5.84. The van der Waals surface area contributed by atoms with E-state index < -0.39 is 0 Å². The van der Waals surface area contributed by atoms with Crippen molar-refractivity contribution in [3.8, 4) is 44.6 Å². The van der Waals surface area contributed by atoms with Gasteiger partial charge in [-0.1, -0.05) is 97.1 Å². The van der Waals surface area contributed by atoms with Gasteiger partial charge < -0.3 is 0 Å². The second kappa shape index (κ2) is 9.91. The van der Waals surface area contributed by atoms with Gasteiger partial charge in [-0.25, -0.2) is 0 Å². The SMILES string of the molecule is Cc1ccc(-c2cccc(-c3c4ccccc4c(-c4ccc(-c5ccncc5C)cc4)c4ccccc34)c2)nc1. The maximum Gasteiger partial charge on any atom is 0.0702 e. The Morgan fingerprint density at radius 2 is 1.07 bits per heavy atom. The molecule has 0 aliphatic carbocycles. The molecule has 40 heavy (non-hydrogen) atoms. The van der Waals surface area contributed by atoms with Gasteiger partial charge in [0.2, 0.25) is 0 Å². The fraction of sp³-hybridized carbons (Fsp3) is 0.0526. The van der Waals surface area contributed by atoms with Gasteiger partial charge in [0.15, 0.2) is 0 Å². The average Bonchev–Trinajstić information content (AvgIpc) is 3.01. The minimum absolute atomic E-state index is 0.988. The highest BCUT2D eigenvalue weighted by Gasteiger charge is 2.17. The van der Waals surface area contributed by atoms with Crippen LogP contribution in [-0.2, 0) is 0 Å². The van der Waals surface area contributed by atoms with Crippen LogP contribution in [0.2, 0.25) is 0 Å². The summed E-state index contributed by atoms with van der Waals surface area (Å²) in [4.78, 5) is 8.95. The van der Waals surface area contributed by atoms with E-state index in [4.69, 9.17) is 4.98 Å². The van der Waals surface area contributed by atoms with E-state index in [1.807, 2.05) is 18.6 Å². The summed E-state index contributed by atoms with van der Waals surface area (Å²) in [6, 6.07) is 41.7. The molecule has 0 spiro atoms. The molecule has 190 valence electrons. The predicted molar refractivity (Wildman–Crippen MR) is 168 cm³/mol. The lowest BCUT2D eigenvalue weighted by Gasteiger charge is -2.18. The van der Waals surface area contributed by atoms with E-state index in [1.54, 1.807) is 0 Å². The van der Waals surface area contributed by atoms with Crippen LogP contribution in [0.1, 0.15) is 11.1 Å². The summed E-state index contributed by atoms with van der Waals surface area (Å²) in [5.41, 5.74) is 11.8. The Bertz CT molecular complexity index is 1950. The zero-order chi connectivity index (χ0) is 27.1. The molecule has 2 heterocycles. The first-order valence-corrected chi connectivity index (χ1v) is 13.7. The molecule has 0 amide bonds. The molecule has 0 saturated heterocycles. The molecule has 7 aromatic rings. The van der Waals surface area contributed by atoms with Crippen molar-refractivity contribution in [2.75, 3.05) is 0 Å². The van der Waals surface area contributed by atoms with Gasteiger partial charge in [-0.15, -0.1) is 0 Å². The van der Waals surface area contributed by atoms with Crippen molar-refractivity contribution in [1.82, 2.24) is 9.97 Å². The lowest BCUT2D eigenvalue weighted by Crippen LogP contribution is -1.92. The van der Waals surface area contributed by atoms with Crippen molar-refractivity contribution in [3.05, 3.63) is 145 Å². The Balaban J connectivity index is 1.45. The normalized spacial score (nSPS) is 11.2. The van der Waals surface area contributed by atoms with Crippen LogP contribution in [0.25, 0.3) is 66.2 Å². The summed E-state index contributed by atoms with van der Waals surface area (Å²) in [6.45, 7) is 4.18. The molecule has 0 radical (unpaired) electrons. The van der Waals surface area contributed by atoms with E-state index in [0.29, 0.717) is 0 Å². The molecule has 0 atom stereocenters. The summed E-state index contributed by atoms with van der Waals surface area (Å²) in [7, 11) is 0. The first-order valence-electron chi connectivity index (χ1n) is 13.7. The fourth-order valence-corrected chi connectivity index (χ4v) is 5.84. The summed E-state index contributed by atoms with van der Waals surface area (Å²) in [5.74, 6) is 0. The van der Waals surface area contributed by atoms with Gasteiger partial charge in [0, 0.05) is 24.2 Å². The highest BCUT2D eigenvalue weighted by atomic mass is 14.7. The zero-order valence-electron chi connectivity index (χ0n) is 22.6. The molecule has 2 nitrogen and oxygen atoms in total. The van der Waals surface area contributed by atoms with Gasteiger partial charge in [-0.05, 0) is 98.1 Å². The summed E-state index contributed by atoms with van der Waals surface area (Å²) in [6.07, 6.45) is 5.72. The van der Waals surface area contributed by atoms with Gasteiger partial charge in [0.05, 0.1) is 5.69 Å². The van der Waals surface area contributed by atoms with Crippen LogP contribution in [0.3, 0.4) is 0 Å². The molecule has 2 aromatic heterocycles. The third kappa shape index (κ3) is 4.15. The van der Waals surface area contributed by atoms with Crippen LogP contribution in [0.4, 0.5) is 0 Å². The maximum absolute atomic E-state index is 4.69. The molecule has 0 saturated carbocycles. The van der Waals surface area contributed by atoms with Crippen LogP contribution >= 0.6 is 0 Å². The van der Waals surface area contributed by atoms with E-state index in [2.05, 4.69) is 134 Å². The van der Waals surface area contributed by atoms with E-state index in [1.165, 1.54) is 60.5 Å². The zero-order valence-corrected chi connectivity index (χ0v) is 22.6. The Hall–Kier alpha value is -5.08. The summed E-state index contributed by atoms with van der Waals surface area (Å²) >= 11 is 0. The molecule has 2 heteroatoms. The smallest absolute Gasteiger partial charge is 0.0702 e. The molecule has 0 bridgehead atoms. The first-order chi connectivity index (χ1) is 19.7. The van der Waals surface area contributed by atoms with Crippen molar-refractivity contribution in [2.24, 2.45) is 0 Å². The lowest BCUT2D eigenvalue weighted by molar-refractivity contribution is 1.27. The van der Waals surface area contributed by atoms with Crippen LogP contribution in [0.15, 0.2) is 134 Å². The minimum Gasteiger partial charge on any atom is -0.264 e. The Kier molecular flexibility index (Phi) is 5.94. The van der Waals surface area contributed by atoms with Gasteiger partial charge in [0.25, 0.3) is 0 Å². The van der Waals surface area contributed by atoms with Gasteiger partial charge >= 0.3 is 0 Å². The predicted octanol–water partition coefficient (Wildman–Crippen LogP) is 10.1. The van der Waals surface area contributed by atoms with Crippen molar-refractivity contribution in [3.63, 3.8) is 0 Å². The first kappa shape index (κ1) is 24.0. The Morgan fingerprint density at radius 1 is 0.475 bits per heavy atom. The molecule has 5 aromatic carbocycles. The standard InChI is InChI=1S/C38H28N2/c1-25-14-19-36(40-23-25)29-8-7-9-30(22-29)38-34-12-5-3-10-32(34)37(33-11-4-6-13-35(33)38)28-17-15-27(16-18-28)31-20-21-39-24-26(31)2/h3-24H,1-2H3. The molecule has 7 rings (SSSR count). The van der Waals surface area contributed by atoms with Crippen LogP contribution < -0.4 is 0 Å². The van der Waals surface area contributed by atoms with Crippen molar-refractivity contribution in [1.29, 1.82) is 0 Å². The summed E-state index contributed by atoms with van der Waals surface area (Å²) < 4.78 is 0. The molecule has 0 aliphatic rings. The largest absolute Gasteiger partial charge is 0.264 e. The molecular formula is C38H28N2. The van der Waals surface area contributed by atoms with Crippen molar-refractivity contribution < 1.29 is 0 Å². The Morgan fingerprint density at radius 3 is 1.68 bits per heavy atom. The van der Waals surface area contributed by atoms with Gasteiger partial charge in [-0.3, -0.25) is 9.97 Å². The third-order valence-electron chi connectivity index (χ3n) is 7.79. The number of pyridine rings is 2. The van der Waals surface area contributed by atoms with E-state index in [0.717, 1.165) is 16.8 Å². The monoisotopic (exact) mass is 512 g/mol. The number of aryl methyl sites for hydroxylation is 2. The average molecular weight is 513 g/mol. The number of hydrogen-bond donors (Lipinski definition) is 0. The molecular weight excluding hydrogens is 484 g/mol. The molecule has 0 N–H and O–H groups in total. The third-order valence-corrected chi connectivity index (χ3v) is 7.79. The van der Waals surface area contributed by atoms with Crippen molar-refractivity contribution >= 4 is 21.5 Å². The maximum atomic E-state index is 4.69. The van der Waals surface area contributed by atoms with Crippen LogP contribution in [0.5, 0.6) is 0 Å². The number of aromatic nitrogens is 2. The highest BCUT2D eigenvalue weighted by molar-refractivity contribution is 6.21. The van der Waals surface area contributed by atoms with E-state index in [-0.39, 0.29) is 0 Å². The number of rotatable bonds is 4. The second-order valence-electron chi connectivity index (χ2n) is 10.4. The van der Waals surface area contributed by atoms with E-state index in [9.17, 15) is 0 Å². The second-order valence-corrected chi connectivity index (χ2v) is 10.4. The molecule has 0 unspecified atom stereocenters. The topological polar surface area (TPSA) is 25.8 Å². The molecule has 0 aliphatic heterocycles. The van der Waals surface area contributed by atoms with Crippen molar-refractivity contribution in [2.45, 2.75) is 13.8 Å². The number of nitrogens with zero attached hydrogens (tertiary/aromatic N) is 2.